The zero-order valence-electron chi connectivity index (χ0n) is 18.7. The van der Waals surface area contributed by atoms with Crippen molar-refractivity contribution < 1.29 is 17.9 Å². The SMILES string of the molecule is Cc1ccc(C(=O)N(C)C(c2ccccc2)c2ccccn2)cc1S(=O)(=O)N1CCOCC1. The lowest BCUT2D eigenvalue weighted by Crippen LogP contribution is -2.41. The highest BCUT2D eigenvalue weighted by molar-refractivity contribution is 7.89. The molecule has 2 heterocycles. The van der Waals surface area contributed by atoms with Crippen LogP contribution < -0.4 is 0 Å². The van der Waals surface area contributed by atoms with Gasteiger partial charge in [-0.1, -0.05) is 42.5 Å². The number of carbonyl (C=O) groups excluding carboxylic acids is 1. The number of hydrogen-bond acceptors (Lipinski definition) is 5. The number of aryl methyl sites for hydroxylation is 1. The molecule has 1 fully saturated rings. The molecule has 0 saturated carbocycles. The molecule has 0 bridgehead atoms. The van der Waals surface area contributed by atoms with Crippen LogP contribution in [0.2, 0.25) is 0 Å². The van der Waals surface area contributed by atoms with Gasteiger partial charge in [0, 0.05) is 31.9 Å². The van der Waals surface area contributed by atoms with Gasteiger partial charge in [-0.15, -0.1) is 0 Å². The van der Waals surface area contributed by atoms with Crippen LogP contribution in [0.4, 0.5) is 0 Å². The molecule has 172 valence electrons. The van der Waals surface area contributed by atoms with Crippen molar-refractivity contribution >= 4 is 15.9 Å². The molecule has 0 aliphatic carbocycles. The van der Waals surface area contributed by atoms with E-state index in [0.717, 1.165) is 11.3 Å². The first-order valence-corrected chi connectivity index (χ1v) is 12.2. The third-order valence-electron chi connectivity index (χ3n) is 5.81. The second-order valence-corrected chi connectivity index (χ2v) is 9.89. The average molecular weight is 466 g/mol. The van der Waals surface area contributed by atoms with E-state index in [4.69, 9.17) is 4.74 Å². The number of hydrogen-bond donors (Lipinski definition) is 0. The minimum atomic E-state index is -3.73. The summed E-state index contributed by atoms with van der Waals surface area (Å²) in [5, 5.41) is 0. The van der Waals surface area contributed by atoms with E-state index in [2.05, 4.69) is 4.98 Å². The monoisotopic (exact) mass is 465 g/mol. The van der Waals surface area contributed by atoms with Crippen molar-refractivity contribution in [3.05, 3.63) is 95.3 Å². The number of rotatable bonds is 6. The topological polar surface area (TPSA) is 79.8 Å². The number of ether oxygens (including phenoxy) is 1. The van der Waals surface area contributed by atoms with Crippen molar-refractivity contribution in [2.75, 3.05) is 33.4 Å². The molecule has 1 aliphatic rings. The van der Waals surface area contributed by atoms with Crippen molar-refractivity contribution in [3.8, 4) is 0 Å². The number of morpholine rings is 1. The van der Waals surface area contributed by atoms with E-state index in [1.807, 2.05) is 48.5 Å². The lowest BCUT2D eigenvalue weighted by atomic mass is 10.0. The summed E-state index contributed by atoms with van der Waals surface area (Å²) in [7, 11) is -2.02. The molecule has 1 amide bonds. The molecule has 0 radical (unpaired) electrons. The molecular formula is C25H27N3O4S. The Hall–Kier alpha value is -3.07. The molecule has 1 aromatic heterocycles. The summed E-state index contributed by atoms with van der Waals surface area (Å²) in [6.07, 6.45) is 1.70. The first kappa shape index (κ1) is 23.1. The lowest BCUT2D eigenvalue weighted by Gasteiger charge is -2.29. The van der Waals surface area contributed by atoms with E-state index in [1.165, 1.54) is 10.4 Å². The number of aromatic nitrogens is 1. The predicted octanol–water partition coefficient (Wildman–Crippen LogP) is 3.27. The van der Waals surface area contributed by atoms with E-state index in [0.29, 0.717) is 37.4 Å². The molecule has 3 aromatic rings. The van der Waals surface area contributed by atoms with Crippen molar-refractivity contribution in [1.82, 2.24) is 14.2 Å². The first-order valence-electron chi connectivity index (χ1n) is 10.8. The van der Waals surface area contributed by atoms with Gasteiger partial charge in [-0.3, -0.25) is 9.78 Å². The molecule has 7 nitrogen and oxygen atoms in total. The second kappa shape index (κ2) is 9.82. The van der Waals surface area contributed by atoms with E-state index < -0.39 is 16.1 Å². The number of pyridine rings is 1. The molecule has 0 N–H and O–H groups in total. The third-order valence-corrected chi connectivity index (χ3v) is 7.85. The van der Waals surface area contributed by atoms with Crippen LogP contribution in [0.15, 0.2) is 77.8 Å². The molecule has 8 heteroatoms. The Bertz CT molecular complexity index is 1170. The Morgan fingerprint density at radius 2 is 1.73 bits per heavy atom. The number of sulfonamides is 1. The molecular weight excluding hydrogens is 438 g/mol. The van der Waals surface area contributed by atoms with Crippen LogP contribution in [0.5, 0.6) is 0 Å². The largest absolute Gasteiger partial charge is 0.379 e. The van der Waals surface area contributed by atoms with Crippen LogP contribution in [-0.2, 0) is 14.8 Å². The van der Waals surface area contributed by atoms with E-state index in [-0.39, 0.29) is 10.8 Å². The highest BCUT2D eigenvalue weighted by Crippen LogP contribution is 2.29. The van der Waals surface area contributed by atoms with Crippen molar-refractivity contribution in [2.24, 2.45) is 0 Å². The van der Waals surface area contributed by atoms with Gasteiger partial charge in [0.1, 0.15) is 0 Å². The van der Waals surface area contributed by atoms with Gasteiger partial charge in [0.2, 0.25) is 10.0 Å². The predicted molar refractivity (Wildman–Crippen MR) is 125 cm³/mol. The summed E-state index contributed by atoms with van der Waals surface area (Å²) < 4.78 is 33.2. The Balaban J connectivity index is 1.70. The van der Waals surface area contributed by atoms with E-state index in [1.54, 1.807) is 37.2 Å². The maximum Gasteiger partial charge on any atom is 0.254 e. The highest BCUT2D eigenvalue weighted by Gasteiger charge is 2.30. The summed E-state index contributed by atoms with van der Waals surface area (Å²) in [6.45, 7) is 3.07. The molecule has 0 spiro atoms. The van der Waals surface area contributed by atoms with Gasteiger partial charge in [-0.2, -0.15) is 4.31 Å². The summed E-state index contributed by atoms with van der Waals surface area (Å²) in [6, 6.07) is 19.7. The number of amides is 1. The maximum absolute atomic E-state index is 13.6. The van der Waals surface area contributed by atoms with Gasteiger partial charge in [-0.25, -0.2) is 8.42 Å². The maximum atomic E-state index is 13.6. The summed E-state index contributed by atoms with van der Waals surface area (Å²) in [5.41, 5.74) is 2.56. The normalized spacial score (nSPS) is 15.7. The highest BCUT2D eigenvalue weighted by atomic mass is 32.2. The van der Waals surface area contributed by atoms with Gasteiger partial charge >= 0.3 is 0 Å². The lowest BCUT2D eigenvalue weighted by molar-refractivity contribution is 0.0729. The van der Waals surface area contributed by atoms with Gasteiger partial charge in [0.05, 0.1) is 29.8 Å². The Morgan fingerprint density at radius 1 is 1.03 bits per heavy atom. The van der Waals surface area contributed by atoms with Gasteiger partial charge in [0.25, 0.3) is 5.91 Å². The fourth-order valence-corrected chi connectivity index (χ4v) is 5.68. The standard InChI is InChI=1S/C25H27N3O4S/c1-19-11-12-21(18-23(19)33(30,31)28-14-16-32-17-15-28)25(29)27(2)24(20-8-4-3-5-9-20)22-10-6-7-13-26-22/h3-13,18,24H,14-17H2,1-2H3. The van der Waals surface area contributed by atoms with Crippen LogP contribution in [0, 0.1) is 6.92 Å². The second-order valence-electron chi connectivity index (χ2n) is 7.98. The fraction of sp³-hybridized carbons (Fsp3) is 0.280. The summed E-state index contributed by atoms with van der Waals surface area (Å²) in [4.78, 5) is 19.8. The quantitative estimate of drug-likeness (QED) is 0.558. The third kappa shape index (κ3) is 4.83. The number of benzene rings is 2. The average Bonchev–Trinajstić information content (AvgIpc) is 2.86. The van der Waals surface area contributed by atoms with Gasteiger partial charge < -0.3 is 9.64 Å². The van der Waals surface area contributed by atoms with Crippen LogP contribution >= 0.6 is 0 Å². The van der Waals surface area contributed by atoms with E-state index in [9.17, 15) is 13.2 Å². The van der Waals surface area contributed by atoms with Gasteiger partial charge in [-0.05, 0) is 42.3 Å². The number of carbonyl (C=O) groups is 1. The van der Waals surface area contributed by atoms with Crippen LogP contribution in [-0.4, -0.2) is 61.9 Å². The van der Waals surface area contributed by atoms with Gasteiger partial charge in [0.15, 0.2) is 0 Å². The zero-order valence-corrected chi connectivity index (χ0v) is 19.5. The zero-order chi connectivity index (χ0) is 23.4. The minimum Gasteiger partial charge on any atom is -0.379 e. The van der Waals surface area contributed by atoms with Crippen LogP contribution in [0.25, 0.3) is 0 Å². The van der Waals surface area contributed by atoms with Crippen molar-refractivity contribution in [3.63, 3.8) is 0 Å². The molecule has 33 heavy (non-hydrogen) atoms. The number of nitrogens with zero attached hydrogens (tertiary/aromatic N) is 3. The molecule has 1 unspecified atom stereocenters. The summed E-state index contributed by atoms with van der Waals surface area (Å²) >= 11 is 0. The van der Waals surface area contributed by atoms with Crippen molar-refractivity contribution in [2.45, 2.75) is 17.9 Å². The summed E-state index contributed by atoms with van der Waals surface area (Å²) in [5.74, 6) is -0.284. The smallest absolute Gasteiger partial charge is 0.254 e. The van der Waals surface area contributed by atoms with Crippen LogP contribution in [0.1, 0.15) is 33.2 Å². The Labute approximate surface area is 194 Å². The van der Waals surface area contributed by atoms with E-state index >= 15 is 0 Å². The van der Waals surface area contributed by atoms with Crippen molar-refractivity contribution in [1.29, 1.82) is 0 Å². The Kier molecular flexibility index (Phi) is 6.88. The first-order chi connectivity index (χ1) is 15.9. The molecule has 2 aromatic carbocycles. The fourth-order valence-electron chi connectivity index (χ4n) is 4.02. The Morgan fingerprint density at radius 3 is 2.39 bits per heavy atom. The molecule has 1 saturated heterocycles. The molecule has 1 atom stereocenters. The molecule has 1 aliphatic heterocycles. The molecule has 4 rings (SSSR count). The minimum absolute atomic E-state index is 0.151. The van der Waals surface area contributed by atoms with Crippen LogP contribution in [0.3, 0.4) is 0 Å².